The Morgan fingerprint density at radius 2 is 2.00 bits per heavy atom. The number of carbonyl (C=O) groups excluding carboxylic acids is 2. The van der Waals surface area contributed by atoms with Crippen LogP contribution in [0, 0.1) is 18.3 Å². The number of ether oxygens (including phenoxy) is 1. The first-order valence-electron chi connectivity index (χ1n) is 7.17. The molecule has 0 heterocycles. The van der Waals surface area contributed by atoms with Gasteiger partial charge in [-0.05, 0) is 12.3 Å². The van der Waals surface area contributed by atoms with E-state index in [1.54, 1.807) is 0 Å². The number of amides is 2. The van der Waals surface area contributed by atoms with Gasteiger partial charge in [-0.15, -0.1) is 6.42 Å². The summed E-state index contributed by atoms with van der Waals surface area (Å²) < 4.78 is 4.98. The van der Waals surface area contributed by atoms with Crippen molar-refractivity contribution >= 4 is 11.8 Å². The summed E-state index contributed by atoms with van der Waals surface area (Å²) in [4.78, 5) is 23.1. The van der Waals surface area contributed by atoms with Crippen molar-refractivity contribution in [3.8, 4) is 12.3 Å². The van der Waals surface area contributed by atoms with Gasteiger partial charge in [0.25, 0.3) is 0 Å². The van der Waals surface area contributed by atoms with Crippen molar-refractivity contribution in [2.45, 2.75) is 39.2 Å². The van der Waals surface area contributed by atoms with Gasteiger partial charge in [-0.2, -0.15) is 0 Å². The zero-order valence-electron chi connectivity index (χ0n) is 12.9. The fourth-order valence-electron chi connectivity index (χ4n) is 1.75. The lowest BCUT2D eigenvalue weighted by Crippen LogP contribution is -2.40. The molecule has 6 heteroatoms. The van der Waals surface area contributed by atoms with Gasteiger partial charge < -0.3 is 20.5 Å². The van der Waals surface area contributed by atoms with Gasteiger partial charge in [0.15, 0.2) is 0 Å². The Labute approximate surface area is 126 Å². The van der Waals surface area contributed by atoms with Crippen LogP contribution in [0.1, 0.15) is 33.1 Å². The summed E-state index contributed by atoms with van der Waals surface area (Å²) >= 11 is 0. The molecule has 6 nitrogen and oxygen atoms in total. The molecular weight excluding hydrogens is 272 g/mol. The van der Waals surface area contributed by atoms with Crippen molar-refractivity contribution in [2.75, 3.05) is 26.4 Å². The summed E-state index contributed by atoms with van der Waals surface area (Å²) in [5, 5.41) is 14.5. The van der Waals surface area contributed by atoms with Crippen LogP contribution in [0.5, 0.6) is 0 Å². The lowest BCUT2D eigenvalue weighted by Gasteiger charge is -2.18. The van der Waals surface area contributed by atoms with Gasteiger partial charge in [0.05, 0.1) is 25.7 Å². The quantitative estimate of drug-likeness (QED) is 0.372. The molecule has 0 rings (SSSR count). The van der Waals surface area contributed by atoms with E-state index in [0.717, 1.165) is 6.42 Å². The molecule has 0 saturated carbocycles. The number of aliphatic hydroxyl groups excluding tert-OH is 1. The molecule has 120 valence electrons. The highest BCUT2D eigenvalue weighted by Gasteiger charge is 2.13. The van der Waals surface area contributed by atoms with E-state index in [0.29, 0.717) is 5.92 Å². The van der Waals surface area contributed by atoms with Crippen LogP contribution in [0.4, 0.5) is 0 Å². The fraction of sp³-hybridized carbons (Fsp3) is 0.733. The summed E-state index contributed by atoms with van der Waals surface area (Å²) in [7, 11) is 0. The number of hydrogen-bond donors (Lipinski definition) is 3. The third kappa shape index (κ3) is 11.9. The average Bonchev–Trinajstić information content (AvgIpc) is 2.42. The van der Waals surface area contributed by atoms with Crippen molar-refractivity contribution in [1.29, 1.82) is 0 Å². The average molecular weight is 298 g/mol. The van der Waals surface area contributed by atoms with Crippen molar-refractivity contribution in [3.63, 3.8) is 0 Å². The Morgan fingerprint density at radius 1 is 1.29 bits per heavy atom. The summed E-state index contributed by atoms with van der Waals surface area (Å²) in [6.07, 6.45) is 6.13. The minimum absolute atomic E-state index is 0.0806. The molecule has 3 N–H and O–H groups in total. The molecule has 0 aromatic heterocycles. The van der Waals surface area contributed by atoms with Crippen LogP contribution in [-0.4, -0.2) is 49.3 Å². The Kier molecular flexibility index (Phi) is 11.3. The lowest BCUT2D eigenvalue weighted by molar-refractivity contribution is -0.123. The van der Waals surface area contributed by atoms with Crippen LogP contribution < -0.4 is 10.6 Å². The van der Waals surface area contributed by atoms with Crippen LogP contribution in [0.25, 0.3) is 0 Å². The lowest BCUT2D eigenvalue weighted by atomic mass is 10.0. The summed E-state index contributed by atoms with van der Waals surface area (Å²) in [5.41, 5.74) is 0. The van der Waals surface area contributed by atoms with E-state index in [9.17, 15) is 9.59 Å². The fourth-order valence-corrected chi connectivity index (χ4v) is 1.75. The van der Waals surface area contributed by atoms with Gasteiger partial charge in [-0.3, -0.25) is 9.59 Å². The number of hydrogen-bond acceptors (Lipinski definition) is 4. The molecule has 0 aromatic carbocycles. The smallest absolute Gasteiger partial charge is 0.222 e. The summed E-state index contributed by atoms with van der Waals surface area (Å²) in [6.45, 7) is 4.69. The first-order valence-corrected chi connectivity index (χ1v) is 7.17. The summed E-state index contributed by atoms with van der Waals surface area (Å²) in [6, 6.07) is -0.231. The van der Waals surface area contributed by atoms with E-state index < -0.39 is 0 Å². The third-order valence-electron chi connectivity index (χ3n) is 2.67. The van der Waals surface area contributed by atoms with Gasteiger partial charge in [0.2, 0.25) is 11.8 Å². The topological polar surface area (TPSA) is 87.7 Å². The van der Waals surface area contributed by atoms with Gasteiger partial charge >= 0.3 is 0 Å². The normalized spacial score (nSPS) is 11.8. The molecule has 0 spiro atoms. The monoisotopic (exact) mass is 298 g/mol. The van der Waals surface area contributed by atoms with E-state index in [1.165, 1.54) is 0 Å². The van der Waals surface area contributed by atoms with Crippen LogP contribution in [-0.2, 0) is 14.3 Å². The van der Waals surface area contributed by atoms with E-state index >= 15 is 0 Å². The van der Waals surface area contributed by atoms with Crippen molar-refractivity contribution in [3.05, 3.63) is 0 Å². The highest BCUT2D eigenvalue weighted by atomic mass is 16.5. The van der Waals surface area contributed by atoms with Crippen LogP contribution in [0.2, 0.25) is 0 Å². The maximum absolute atomic E-state index is 11.7. The predicted octanol–water partition coefficient (Wildman–Crippen LogP) is 0.0558. The Morgan fingerprint density at radius 3 is 2.57 bits per heavy atom. The van der Waals surface area contributed by atoms with Gasteiger partial charge in [-0.1, -0.05) is 19.8 Å². The molecule has 0 aliphatic carbocycles. The molecule has 0 bridgehead atoms. The molecule has 1 unspecified atom stereocenters. The zero-order valence-corrected chi connectivity index (χ0v) is 12.9. The maximum Gasteiger partial charge on any atom is 0.222 e. The van der Waals surface area contributed by atoms with E-state index in [1.807, 2.05) is 13.8 Å². The molecule has 0 aromatic rings. The molecule has 0 fully saturated rings. The summed E-state index contributed by atoms with van der Waals surface area (Å²) in [5.74, 6) is 2.34. The largest absolute Gasteiger partial charge is 0.394 e. The first kappa shape index (κ1) is 19.4. The van der Waals surface area contributed by atoms with Crippen LogP contribution in [0.15, 0.2) is 0 Å². The zero-order chi connectivity index (χ0) is 16.1. The number of carbonyl (C=O) groups is 2. The number of rotatable bonds is 11. The molecule has 2 amide bonds. The second-order valence-electron chi connectivity index (χ2n) is 5.18. The number of terminal acetylenes is 1. The molecule has 1 atom stereocenters. The Balaban J connectivity index is 3.73. The Hall–Kier alpha value is -1.58. The van der Waals surface area contributed by atoms with Crippen molar-refractivity contribution in [2.24, 2.45) is 5.92 Å². The van der Waals surface area contributed by atoms with E-state index in [4.69, 9.17) is 16.3 Å². The SMILES string of the molecule is C#CCOCCC(=O)NCCC(=O)NC(CO)CC(C)C. The second-order valence-corrected chi connectivity index (χ2v) is 5.18. The number of aliphatic hydroxyl groups is 1. The highest BCUT2D eigenvalue weighted by Crippen LogP contribution is 2.04. The molecule has 0 aliphatic rings. The van der Waals surface area contributed by atoms with Crippen LogP contribution in [0.3, 0.4) is 0 Å². The van der Waals surface area contributed by atoms with E-state index in [2.05, 4.69) is 16.6 Å². The second kappa shape index (κ2) is 12.2. The molecule has 0 saturated heterocycles. The van der Waals surface area contributed by atoms with Gasteiger partial charge in [0.1, 0.15) is 6.61 Å². The third-order valence-corrected chi connectivity index (χ3v) is 2.67. The standard InChI is InChI=1S/C15H26N2O4/c1-4-8-21-9-6-14(19)16-7-5-15(20)17-13(11-18)10-12(2)3/h1,12-13,18H,5-11H2,2-3H3,(H,16,19)(H,17,20). The van der Waals surface area contributed by atoms with E-state index in [-0.39, 0.29) is 57.1 Å². The first-order chi connectivity index (χ1) is 9.99. The van der Waals surface area contributed by atoms with Crippen LogP contribution >= 0.6 is 0 Å². The number of nitrogens with one attached hydrogen (secondary N) is 2. The van der Waals surface area contributed by atoms with Crippen molar-refractivity contribution < 1.29 is 19.4 Å². The Bertz CT molecular complexity index is 350. The molecule has 21 heavy (non-hydrogen) atoms. The predicted molar refractivity (Wildman–Crippen MR) is 80.4 cm³/mol. The molecule has 0 aliphatic heterocycles. The van der Waals surface area contributed by atoms with Gasteiger partial charge in [0, 0.05) is 13.0 Å². The minimum atomic E-state index is -0.231. The molecule has 0 radical (unpaired) electrons. The molecular formula is C15H26N2O4. The highest BCUT2D eigenvalue weighted by molar-refractivity contribution is 5.79. The maximum atomic E-state index is 11.7. The van der Waals surface area contributed by atoms with Gasteiger partial charge in [-0.25, -0.2) is 0 Å². The van der Waals surface area contributed by atoms with Crippen molar-refractivity contribution in [1.82, 2.24) is 10.6 Å². The minimum Gasteiger partial charge on any atom is -0.394 e.